The highest BCUT2D eigenvalue weighted by molar-refractivity contribution is 7.53. The molecule has 19 heavy (non-hydrogen) atoms. The summed E-state index contributed by atoms with van der Waals surface area (Å²) in [6, 6.07) is 8.64. The lowest BCUT2D eigenvalue weighted by atomic mass is 10.1. The first-order valence-corrected chi connectivity index (χ1v) is 7.87. The molecule has 0 fully saturated rings. The summed E-state index contributed by atoms with van der Waals surface area (Å²) in [5, 5.41) is 2.05. The van der Waals surface area contributed by atoms with Crippen molar-refractivity contribution in [1.29, 1.82) is 0 Å². The van der Waals surface area contributed by atoms with Gasteiger partial charge in [0.15, 0.2) is 5.78 Å². The summed E-state index contributed by atoms with van der Waals surface area (Å²) in [7, 11) is -4.78. The molecule has 1 aromatic rings. The highest BCUT2D eigenvalue weighted by Gasteiger charge is 2.46. The van der Waals surface area contributed by atoms with E-state index < -0.39 is 23.1 Å². The van der Waals surface area contributed by atoms with Crippen molar-refractivity contribution in [2.45, 2.75) is 16.0 Å². The van der Waals surface area contributed by atoms with Crippen molar-refractivity contribution in [1.82, 2.24) is 5.32 Å². The highest BCUT2D eigenvalue weighted by atomic mass is 35.6. The number of carbonyl (C=O) groups excluding carboxylic acids is 1. The minimum absolute atomic E-state index is 0.0713. The van der Waals surface area contributed by atoms with Gasteiger partial charge in [0.05, 0.1) is 6.42 Å². The normalized spacial score (nSPS) is 13.9. The van der Waals surface area contributed by atoms with Crippen LogP contribution in [0.2, 0.25) is 0 Å². The van der Waals surface area contributed by atoms with Crippen molar-refractivity contribution in [3.8, 4) is 0 Å². The fourth-order valence-corrected chi connectivity index (χ4v) is 3.34. The summed E-state index contributed by atoms with van der Waals surface area (Å²) in [4.78, 5) is 29.8. The third-order valence-electron chi connectivity index (χ3n) is 2.15. The largest absolute Gasteiger partial charge is 0.352 e. The van der Waals surface area contributed by atoms with Crippen LogP contribution < -0.4 is 5.32 Å². The minimum atomic E-state index is -4.78. The van der Waals surface area contributed by atoms with Crippen LogP contribution in [-0.4, -0.2) is 25.3 Å². The standard InChI is InChI=1S/C10H11Cl3NO4P/c11-10(12,13)9(19(16,17)18)14-8(15)6-7-4-2-1-3-5-7/h1-5,9H,6H2,(H,14,15)(H2,16,17,18)/t9-/m1/s1. The van der Waals surface area contributed by atoms with Crippen molar-refractivity contribution < 1.29 is 19.1 Å². The van der Waals surface area contributed by atoms with Gasteiger partial charge in [0.1, 0.15) is 0 Å². The van der Waals surface area contributed by atoms with Crippen molar-refractivity contribution in [3.05, 3.63) is 35.9 Å². The molecule has 0 saturated carbocycles. The Labute approximate surface area is 125 Å². The maximum absolute atomic E-state index is 11.7. The zero-order valence-corrected chi connectivity index (χ0v) is 12.6. The van der Waals surface area contributed by atoms with Gasteiger partial charge in [-0.1, -0.05) is 65.1 Å². The SMILES string of the molecule is O=C(Cc1ccccc1)N[C@@H](C(Cl)(Cl)Cl)P(=O)(O)O. The number of amides is 1. The average molecular weight is 347 g/mol. The monoisotopic (exact) mass is 345 g/mol. The lowest BCUT2D eigenvalue weighted by Crippen LogP contribution is -2.44. The van der Waals surface area contributed by atoms with E-state index in [2.05, 4.69) is 0 Å². The van der Waals surface area contributed by atoms with Gasteiger partial charge in [-0.05, 0) is 5.56 Å². The van der Waals surface area contributed by atoms with Gasteiger partial charge in [-0.3, -0.25) is 9.36 Å². The molecule has 3 N–H and O–H groups in total. The van der Waals surface area contributed by atoms with E-state index in [0.29, 0.717) is 5.56 Å². The Bertz CT molecular complexity index is 485. The van der Waals surface area contributed by atoms with Crippen LogP contribution in [0.25, 0.3) is 0 Å². The quantitative estimate of drug-likeness (QED) is 0.576. The molecule has 0 aliphatic rings. The predicted molar refractivity (Wildman–Crippen MR) is 74.4 cm³/mol. The van der Waals surface area contributed by atoms with Crippen LogP contribution in [0, 0.1) is 0 Å². The topological polar surface area (TPSA) is 86.6 Å². The van der Waals surface area contributed by atoms with Gasteiger partial charge in [0.2, 0.25) is 9.70 Å². The number of hydrogen-bond donors (Lipinski definition) is 3. The second kappa shape index (κ2) is 6.44. The average Bonchev–Trinajstić information content (AvgIpc) is 2.24. The van der Waals surface area contributed by atoms with Crippen LogP contribution in [0.1, 0.15) is 5.56 Å². The van der Waals surface area contributed by atoms with Gasteiger partial charge >= 0.3 is 7.60 Å². The van der Waals surface area contributed by atoms with Gasteiger partial charge in [-0.25, -0.2) is 0 Å². The Morgan fingerprint density at radius 1 is 1.26 bits per heavy atom. The fraction of sp³-hybridized carbons (Fsp3) is 0.300. The summed E-state index contributed by atoms with van der Waals surface area (Å²) in [5.74, 6) is -2.54. The van der Waals surface area contributed by atoms with Crippen LogP contribution in [-0.2, 0) is 15.8 Å². The molecule has 5 nitrogen and oxygen atoms in total. The van der Waals surface area contributed by atoms with E-state index in [1.807, 2.05) is 5.32 Å². The molecule has 1 atom stereocenters. The third kappa shape index (κ3) is 5.69. The number of rotatable bonds is 4. The van der Waals surface area contributed by atoms with Crippen LogP contribution >= 0.6 is 42.4 Å². The first-order valence-electron chi connectivity index (χ1n) is 5.06. The maximum Gasteiger partial charge on any atom is 0.352 e. The second-order valence-electron chi connectivity index (χ2n) is 3.76. The number of hydrogen-bond acceptors (Lipinski definition) is 2. The van der Waals surface area contributed by atoms with Gasteiger partial charge in [0.25, 0.3) is 0 Å². The first kappa shape index (κ1) is 16.8. The minimum Gasteiger partial charge on any atom is -0.338 e. The van der Waals surface area contributed by atoms with Gasteiger partial charge in [-0.2, -0.15) is 0 Å². The molecule has 0 spiro atoms. The Morgan fingerprint density at radius 3 is 2.21 bits per heavy atom. The smallest absolute Gasteiger partial charge is 0.338 e. The van der Waals surface area contributed by atoms with Gasteiger partial charge in [-0.15, -0.1) is 0 Å². The summed E-state index contributed by atoms with van der Waals surface area (Å²) in [6.07, 6.45) is -0.0713. The van der Waals surface area contributed by atoms with E-state index in [0.717, 1.165) is 0 Å². The van der Waals surface area contributed by atoms with E-state index in [1.54, 1.807) is 30.3 Å². The zero-order chi connectivity index (χ0) is 14.7. The number of nitrogens with one attached hydrogen (secondary N) is 1. The van der Waals surface area contributed by atoms with E-state index in [4.69, 9.17) is 44.6 Å². The molecule has 0 saturated heterocycles. The van der Waals surface area contributed by atoms with Gasteiger partial charge in [0, 0.05) is 0 Å². The Morgan fingerprint density at radius 2 is 1.79 bits per heavy atom. The molecule has 1 aromatic carbocycles. The van der Waals surface area contributed by atoms with Crippen molar-refractivity contribution in [2.24, 2.45) is 0 Å². The van der Waals surface area contributed by atoms with Crippen molar-refractivity contribution in [2.75, 3.05) is 0 Å². The zero-order valence-electron chi connectivity index (χ0n) is 9.46. The molecule has 9 heteroatoms. The Kier molecular flexibility index (Phi) is 5.68. The van der Waals surface area contributed by atoms with Crippen molar-refractivity contribution in [3.63, 3.8) is 0 Å². The molecule has 0 aliphatic carbocycles. The molecule has 0 aliphatic heterocycles. The van der Waals surface area contributed by atoms with Crippen LogP contribution in [0.5, 0.6) is 0 Å². The molecule has 0 unspecified atom stereocenters. The number of alkyl halides is 3. The van der Waals surface area contributed by atoms with E-state index in [-0.39, 0.29) is 6.42 Å². The molecule has 0 bridgehead atoms. The molecule has 0 radical (unpaired) electrons. The fourth-order valence-electron chi connectivity index (χ4n) is 1.34. The second-order valence-corrected chi connectivity index (χ2v) is 7.83. The number of halogens is 3. The van der Waals surface area contributed by atoms with Crippen molar-refractivity contribution >= 4 is 48.3 Å². The Balaban J connectivity index is 2.76. The number of benzene rings is 1. The lowest BCUT2D eigenvalue weighted by Gasteiger charge is -2.26. The summed E-state index contributed by atoms with van der Waals surface area (Å²) in [6.45, 7) is 0. The number of carbonyl (C=O) groups is 1. The summed E-state index contributed by atoms with van der Waals surface area (Å²) in [5.41, 5.74) is 0.675. The molecule has 0 heterocycles. The van der Waals surface area contributed by atoms with E-state index >= 15 is 0 Å². The van der Waals surface area contributed by atoms with E-state index in [9.17, 15) is 9.36 Å². The predicted octanol–water partition coefficient (Wildman–Crippen LogP) is 2.22. The lowest BCUT2D eigenvalue weighted by molar-refractivity contribution is -0.120. The molecule has 106 valence electrons. The highest BCUT2D eigenvalue weighted by Crippen LogP contribution is 2.50. The summed E-state index contributed by atoms with van der Waals surface area (Å²) >= 11 is 16.4. The van der Waals surface area contributed by atoms with Crippen LogP contribution in [0.4, 0.5) is 0 Å². The first-order chi connectivity index (χ1) is 8.60. The molecule has 0 aromatic heterocycles. The summed E-state index contributed by atoms with van der Waals surface area (Å²) < 4.78 is 8.89. The van der Waals surface area contributed by atoms with Crippen LogP contribution in [0.3, 0.4) is 0 Å². The maximum atomic E-state index is 11.7. The third-order valence-corrected chi connectivity index (χ3v) is 4.45. The van der Waals surface area contributed by atoms with E-state index in [1.165, 1.54) is 0 Å². The van der Waals surface area contributed by atoms with Crippen LogP contribution in [0.15, 0.2) is 30.3 Å². The molecular weight excluding hydrogens is 335 g/mol. The molecule has 1 rings (SSSR count). The molecular formula is C10H11Cl3NO4P. The molecule has 1 amide bonds. The van der Waals surface area contributed by atoms with Gasteiger partial charge < -0.3 is 15.1 Å². The Hall–Kier alpha value is -0.290.